The summed E-state index contributed by atoms with van der Waals surface area (Å²) in [5.74, 6) is 0.429. The van der Waals surface area contributed by atoms with Crippen LogP contribution in [0.15, 0.2) is 10.2 Å². The molecule has 0 unspecified atom stereocenters. The van der Waals surface area contributed by atoms with Crippen LogP contribution >= 0.6 is 0 Å². The summed E-state index contributed by atoms with van der Waals surface area (Å²) in [7, 11) is 0. The Morgan fingerprint density at radius 3 is 2.20 bits per heavy atom. The highest BCUT2D eigenvalue weighted by Gasteiger charge is 2.10. The molecule has 0 amide bonds. The second kappa shape index (κ2) is 2.68. The molecule has 0 radical (unpaired) electrons. The normalized spacial score (nSPS) is 17.2. The Morgan fingerprint density at radius 1 is 1.20 bits per heavy atom. The first-order valence-corrected chi connectivity index (χ1v) is 3.34. The van der Waals surface area contributed by atoms with E-state index in [1.807, 2.05) is 6.92 Å². The molecule has 0 atom stereocenters. The molecule has 1 rings (SSSR count). The lowest BCUT2D eigenvalue weighted by atomic mass is 10.1. The van der Waals surface area contributed by atoms with Crippen LogP contribution in [-0.2, 0) is 0 Å². The fourth-order valence-corrected chi connectivity index (χ4v) is 0.879. The van der Waals surface area contributed by atoms with Crippen molar-refractivity contribution in [2.24, 2.45) is 16.1 Å². The molecular formula is C6H12N4. The van der Waals surface area contributed by atoms with E-state index in [-0.39, 0.29) is 0 Å². The van der Waals surface area contributed by atoms with Gasteiger partial charge in [-0.05, 0) is 12.8 Å². The summed E-state index contributed by atoms with van der Waals surface area (Å²) in [6.45, 7) is 6.11. The van der Waals surface area contributed by atoms with Crippen molar-refractivity contribution in [1.82, 2.24) is 11.1 Å². The van der Waals surface area contributed by atoms with Crippen molar-refractivity contribution in [2.75, 3.05) is 0 Å². The number of hydrazine groups is 1. The number of hydrazone groups is 2. The minimum absolute atomic E-state index is 0.429. The molecule has 1 aliphatic rings. The van der Waals surface area contributed by atoms with E-state index in [0.717, 1.165) is 11.4 Å². The van der Waals surface area contributed by atoms with Crippen LogP contribution < -0.4 is 11.1 Å². The van der Waals surface area contributed by atoms with Gasteiger partial charge >= 0.3 is 0 Å². The third-order valence-electron chi connectivity index (χ3n) is 1.37. The van der Waals surface area contributed by atoms with Gasteiger partial charge in [-0.2, -0.15) is 10.2 Å². The molecule has 0 aromatic carbocycles. The van der Waals surface area contributed by atoms with Gasteiger partial charge in [0.2, 0.25) is 0 Å². The predicted molar refractivity (Wildman–Crippen MR) is 41.7 cm³/mol. The van der Waals surface area contributed by atoms with E-state index in [0.29, 0.717) is 5.92 Å². The first-order chi connectivity index (χ1) is 4.72. The molecule has 4 heteroatoms. The third-order valence-corrected chi connectivity index (χ3v) is 1.37. The number of rotatable bonds is 1. The molecule has 0 saturated heterocycles. The van der Waals surface area contributed by atoms with Crippen molar-refractivity contribution in [3.05, 3.63) is 0 Å². The predicted octanol–water partition coefficient (Wildman–Crippen LogP) is 0.482. The lowest BCUT2D eigenvalue weighted by Gasteiger charge is -2.14. The number of nitrogens with one attached hydrogen (secondary N) is 2. The van der Waals surface area contributed by atoms with Gasteiger partial charge in [0.25, 0.3) is 0 Å². The summed E-state index contributed by atoms with van der Waals surface area (Å²) in [5.41, 5.74) is 7.13. The maximum absolute atomic E-state index is 4.03. The van der Waals surface area contributed by atoms with Crippen molar-refractivity contribution in [1.29, 1.82) is 0 Å². The molecular weight excluding hydrogens is 128 g/mol. The van der Waals surface area contributed by atoms with E-state index in [2.05, 4.69) is 35.1 Å². The average Bonchev–Trinajstić information content (AvgIpc) is 1.88. The maximum Gasteiger partial charge on any atom is 0.0878 e. The average molecular weight is 140 g/mol. The van der Waals surface area contributed by atoms with Crippen LogP contribution in [0.25, 0.3) is 0 Å². The smallest absolute Gasteiger partial charge is 0.0878 e. The fourth-order valence-electron chi connectivity index (χ4n) is 0.879. The van der Waals surface area contributed by atoms with Gasteiger partial charge in [-0.15, -0.1) is 0 Å². The summed E-state index contributed by atoms with van der Waals surface area (Å²) in [6, 6.07) is 0. The number of hydrogen-bond acceptors (Lipinski definition) is 4. The van der Waals surface area contributed by atoms with Crippen LogP contribution in [0, 0.1) is 5.92 Å². The van der Waals surface area contributed by atoms with Gasteiger partial charge in [-0.3, -0.25) is 0 Å². The second-order valence-corrected chi connectivity index (χ2v) is 2.57. The Bertz CT molecular complexity index is 180. The van der Waals surface area contributed by atoms with Crippen molar-refractivity contribution in [2.45, 2.75) is 20.8 Å². The molecule has 0 spiro atoms. The highest BCUT2D eigenvalue weighted by atomic mass is 15.7. The molecule has 0 aromatic rings. The molecule has 10 heavy (non-hydrogen) atoms. The van der Waals surface area contributed by atoms with Gasteiger partial charge in [0.15, 0.2) is 0 Å². The highest BCUT2D eigenvalue weighted by molar-refractivity contribution is 6.42. The minimum Gasteiger partial charge on any atom is -0.205 e. The maximum atomic E-state index is 4.03. The third kappa shape index (κ3) is 1.26. The Balaban J connectivity index is 2.74. The molecule has 1 aliphatic heterocycles. The quantitative estimate of drug-likeness (QED) is 0.556. The molecule has 0 bridgehead atoms. The molecule has 2 N–H and O–H groups in total. The monoisotopic (exact) mass is 140 g/mol. The first kappa shape index (κ1) is 7.05. The molecule has 4 nitrogen and oxygen atoms in total. The van der Waals surface area contributed by atoms with Gasteiger partial charge in [-0.1, -0.05) is 13.8 Å². The van der Waals surface area contributed by atoms with Crippen LogP contribution in [0.1, 0.15) is 20.8 Å². The zero-order chi connectivity index (χ0) is 7.56. The molecule has 56 valence electrons. The fraction of sp³-hybridized carbons (Fsp3) is 0.667. The summed E-state index contributed by atoms with van der Waals surface area (Å²) in [4.78, 5) is 0. The van der Waals surface area contributed by atoms with E-state index in [1.165, 1.54) is 0 Å². The van der Waals surface area contributed by atoms with E-state index in [1.54, 1.807) is 0 Å². The minimum atomic E-state index is 0.429. The SMILES string of the molecule is CC1=NNNN=C1C(C)C. The van der Waals surface area contributed by atoms with Crippen molar-refractivity contribution >= 4 is 11.4 Å². The van der Waals surface area contributed by atoms with Gasteiger partial charge in [-0.25, -0.2) is 11.1 Å². The van der Waals surface area contributed by atoms with Gasteiger partial charge < -0.3 is 0 Å². The van der Waals surface area contributed by atoms with Gasteiger partial charge in [0.05, 0.1) is 11.4 Å². The van der Waals surface area contributed by atoms with Crippen LogP contribution in [0.3, 0.4) is 0 Å². The molecule has 0 saturated carbocycles. The summed E-state index contributed by atoms with van der Waals surface area (Å²) < 4.78 is 0. The van der Waals surface area contributed by atoms with Crippen molar-refractivity contribution in [3.63, 3.8) is 0 Å². The summed E-state index contributed by atoms with van der Waals surface area (Å²) >= 11 is 0. The van der Waals surface area contributed by atoms with Crippen LogP contribution in [0.2, 0.25) is 0 Å². The lowest BCUT2D eigenvalue weighted by Crippen LogP contribution is -2.34. The van der Waals surface area contributed by atoms with Crippen molar-refractivity contribution in [3.8, 4) is 0 Å². The molecule has 0 aromatic heterocycles. The Morgan fingerprint density at radius 2 is 1.80 bits per heavy atom. The Labute approximate surface area is 60.4 Å². The van der Waals surface area contributed by atoms with Gasteiger partial charge in [0.1, 0.15) is 0 Å². The molecule has 0 aliphatic carbocycles. The summed E-state index contributed by atoms with van der Waals surface area (Å²) in [5, 5.41) is 7.99. The van der Waals surface area contributed by atoms with E-state index < -0.39 is 0 Å². The standard InChI is InChI=1S/C6H12N4/c1-4(2)6-5(3)7-9-10-8-6/h4,9-10H,1-3H3. The lowest BCUT2D eigenvalue weighted by molar-refractivity contribution is 0.572. The summed E-state index contributed by atoms with van der Waals surface area (Å²) in [6.07, 6.45) is 0. The molecule has 0 fully saturated rings. The molecule has 1 heterocycles. The van der Waals surface area contributed by atoms with E-state index in [9.17, 15) is 0 Å². The van der Waals surface area contributed by atoms with Crippen LogP contribution in [0.5, 0.6) is 0 Å². The topological polar surface area (TPSA) is 48.8 Å². The Kier molecular flexibility index (Phi) is 1.89. The van der Waals surface area contributed by atoms with Crippen LogP contribution in [-0.4, -0.2) is 11.4 Å². The van der Waals surface area contributed by atoms with Crippen molar-refractivity contribution < 1.29 is 0 Å². The number of nitrogens with zero attached hydrogens (tertiary/aromatic N) is 2. The Hall–Kier alpha value is -1.06. The largest absolute Gasteiger partial charge is 0.205 e. The first-order valence-electron chi connectivity index (χ1n) is 3.34. The zero-order valence-corrected chi connectivity index (χ0v) is 6.47. The van der Waals surface area contributed by atoms with E-state index >= 15 is 0 Å². The second-order valence-electron chi connectivity index (χ2n) is 2.57. The van der Waals surface area contributed by atoms with E-state index in [4.69, 9.17) is 0 Å². The highest BCUT2D eigenvalue weighted by Crippen LogP contribution is 2.00. The van der Waals surface area contributed by atoms with Crippen LogP contribution in [0.4, 0.5) is 0 Å². The van der Waals surface area contributed by atoms with Gasteiger partial charge in [0, 0.05) is 0 Å². The zero-order valence-electron chi connectivity index (χ0n) is 6.47. The number of hydrogen-bond donors (Lipinski definition) is 2.